The highest BCUT2D eigenvalue weighted by Gasteiger charge is 2.21. The van der Waals surface area contributed by atoms with Gasteiger partial charge < -0.3 is 9.64 Å². The highest BCUT2D eigenvalue weighted by atomic mass is 79.9. The van der Waals surface area contributed by atoms with E-state index in [4.69, 9.17) is 9.84 Å². The molecule has 30 heavy (non-hydrogen) atoms. The zero-order valence-electron chi connectivity index (χ0n) is 17.4. The molecule has 7 heteroatoms. The predicted molar refractivity (Wildman–Crippen MR) is 123 cm³/mol. The maximum absolute atomic E-state index is 6.00. The third kappa shape index (κ3) is 4.11. The van der Waals surface area contributed by atoms with Crippen LogP contribution in [-0.2, 0) is 4.74 Å². The Balaban J connectivity index is 1.41. The van der Waals surface area contributed by atoms with Gasteiger partial charge in [0.05, 0.1) is 23.4 Å². The van der Waals surface area contributed by atoms with Crippen LogP contribution in [0.3, 0.4) is 0 Å². The molecule has 0 N–H and O–H groups in total. The molecule has 1 atom stereocenters. The van der Waals surface area contributed by atoms with Gasteiger partial charge in [0.2, 0.25) is 0 Å². The van der Waals surface area contributed by atoms with E-state index in [2.05, 4.69) is 78.9 Å². The lowest BCUT2D eigenvalue weighted by Crippen LogP contribution is -2.31. The number of likely N-dealkylation sites (tertiary alicyclic amines) is 1. The van der Waals surface area contributed by atoms with Gasteiger partial charge in [-0.1, -0.05) is 15.9 Å². The predicted octanol–water partition coefficient (Wildman–Crippen LogP) is 5.13. The zero-order valence-corrected chi connectivity index (χ0v) is 19.0. The largest absolute Gasteiger partial charge is 0.356 e. The Labute approximate surface area is 185 Å². The molecule has 0 bridgehead atoms. The Hall–Kier alpha value is -1.96. The molecule has 0 aliphatic carbocycles. The second kappa shape index (κ2) is 8.65. The minimum absolute atomic E-state index is 0.0248. The summed E-state index contributed by atoms with van der Waals surface area (Å²) in [7, 11) is 2.19. The average Bonchev–Trinajstić information content (AvgIpc) is 3.38. The van der Waals surface area contributed by atoms with Crippen molar-refractivity contribution in [1.82, 2.24) is 24.5 Å². The summed E-state index contributed by atoms with van der Waals surface area (Å²) in [6.07, 6.45) is 14.0. The molecule has 0 spiro atoms. The molecule has 5 rings (SSSR count). The summed E-state index contributed by atoms with van der Waals surface area (Å²) in [5.74, 6) is 0. The van der Waals surface area contributed by atoms with Crippen molar-refractivity contribution >= 4 is 39.0 Å². The maximum atomic E-state index is 6.00. The summed E-state index contributed by atoms with van der Waals surface area (Å²) >= 11 is 3.61. The van der Waals surface area contributed by atoms with E-state index >= 15 is 0 Å². The molecule has 0 radical (unpaired) electrons. The molecule has 4 heterocycles. The molecule has 6 nitrogen and oxygen atoms in total. The van der Waals surface area contributed by atoms with E-state index in [0.29, 0.717) is 6.04 Å². The molecule has 158 valence electrons. The smallest absolute Gasteiger partial charge is 0.150 e. The number of aromatic nitrogens is 4. The lowest BCUT2D eigenvalue weighted by atomic mass is 10.1. The van der Waals surface area contributed by atoms with Crippen molar-refractivity contribution in [3.63, 3.8) is 0 Å². The van der Waals surface area contributed by atoms with E-state index in [9.17, 15) is 0 Å². The summed E-state index contributed by atoms with van der Waals surface area (Å²) in [6, 6.07) is 6.84. The molecule has 0 amide bonds. The molecule has 1 aromatic carbocycles. The van der Waals surface area contributed by atoms with Gasteiger partial charge in [-0.15, -0.1) is 0 Å². The Morgan fingerprint density at radius 1 is 1.13 bits per heavy atom. The van der Waals surface area contributed by atoms with E-state index in [1.54, 1.807) is 0 Å². The van der Waals surface area contributed by atoms with Gasteiger partial charge in [0.25, 0.3) is 0 Å². The third-order valence-electron chi connectivity index (χ3n) is 6.24. The highest BCUT2D eigenvalue weighted by Crippen LogP contribution is 2.30. The van der Waals surface area contributed by atoms with Crippen LogP contribution in [0.4, 0.5) is 0 Å². The van der Waals surface area contributed by atoms with Gasteiger partial charge in [-0.25, -0.2) is 4.68 Å². The lowest BCUT2D eigenvalue weighted by molar-refractivity contribution is -0.0367. The normalized spacial score (nSPS) is 21.7. The molecule has 2 aliphatic rings. The Kier molecular flexibility index (Phi) is 5.76. The first-order valence-electron chi connectivity index (χ1n) is 10.9. The first-order valence-corrected chi connectivity index (χ1v) is 11.7. The van der Waals surface area contributed by atoms with E-state index in [-0.39, 0.29) is 6.23 Å². The molecule has 2 fully saturated rings. The average molecular weight is 470 g/mol. The Bertz CT molecular complexity index is 1040. The molecular weight excluding hydrogens is 442 g/mol. The summed E-state index contributed by atoms with van der Waals surface area (Å²) in [6.45, 7) is 3.08. The van der Waals surface area contributed by atoms with E-state index in [1.165, 1.54) is 6.42 Å². The minimum atomic E-state index is 0.0248. The highest BCUT2D eigenvalue weighted by molar-refractivity contribution is 9.10. The van der Waals surface area contributed by atoms with Gasteiger partial charge in [-0.2, -0.15) is 10.2 Å². The van der Waals surface area contributed by atoms with Crippen LogP contribution in [0.15, 0.2) is 35.1 Å². The van der Waals surface area contributed by atoms with E-state index < -0.39 is 0 Å². The number of ether oxygens (including phenoxy) is 1. The van der Waals surface area contributed by atoms with Crippen LogP contribution >= 0.6 is 15.9 Å². The third-order valence-corrected chi connectivity index (χ3v) is 6.74. The first-order chi connectivity index (χ1) is 14.7. The van der Waals surface area contributed by atoms with Gasteiger partial charge in [0.15, 0.2) is 6.23 Å². The number of halogens is 1. The monoisotopic (exact) mass is 469 g/mol. The molecule has 1 unspecified atom stereocenters. The fourth-order valence-electron chi connectivity index (χ4n) is 4.47. The fourth-order valence-corrected chi connectivity index (χ4v) is 4.83. The van der Waals surface area contributed by atoms with E-state index in [0.717, 1.165) is 72.0 Å². The SMILES string of the molecule is CN1CCC(n2cc(/C=C/c3nn(C4CCCCO4)c4ccc(Br)cc34)cn2)CC1. The van der Waals surface area contributed by atoms with Crippen LogP contribution in [0.5, 0.6) is 0 Å². The van der Waals surface area contributed by atoms with Crippen molar-refractivity contribution < 1.29 is 4.74 Å². The molecule has 2 aliphatic heterocycles. The van der Waals surface area contributed by atoms with Gasteiger partial charge in [-0.05, 0) is 82.6 Å². The quantitative estimate of drug-likeness (QED) is 0.531. The summed E-state index contributed by atoms with van der Waals surface area (Å²) in [5.41, 5.74) is 3.19. The Morgan fingerprint density at radius 2 is 2.00 bits per heavy atom. The van der Waals surface area contributed by atoms with Crippen molar-refractivity contribution in [1.29, 1.82) is 0 Å². The number of fused-ring (bicyclic) bond motifs is 1. The molecule has 2 aromatic heterocycles. The first kappa shape index (κ1) is 20.0. The number of piperidine rings is 1. The Morgan fingerprint density at radius 3 is 2.80 bits per heavy atom. The van der Waals surface area contributed by atoms with Gasteiger partial charge in [0.1, 0.15) is 0 Å². The molecular formula is C23H28BrN5O. The van der Waals surface area contributed by atoms with Crippen molar-refractivity contribution in [3.05, 3.63) is 46.3 Å². The van der Waals surface area contributed by atoms with Crippen LogP contribution in [0.25, 0.3) is 23.1 Å². The maximum Gasteiger partial charge on any atom is 0.150 e. The topological polar surface area (TPSA) is 48.1 Å². The summed E-state index contributed by atoms with van der Waals surface area (Å²) in [5, 5.41) is 10.7. The number of rotatable bonds is 4. The van der Waals surface area contributed by atoms with Crippen molar-refractivity contribution in [2.24, 2.45) is 0 Å². The number of hydrogen-bond donors (Lipinski definition) is 0. The second-order valence-corrected chi connectivity index (χ2v) is 9.35. The van der Waals surface area contributed by atoms with Gasteiger partial charge in [-0.3, -0.25) is 4.68 Å². The summed E-state index contributed by atoms with van der Waals surface area (Å²) < 4.78 is 11.3. The van der Waals surface area contributed by atoms with Crippen LogP contribution in [0.1, 0.15) is 55.6 Å². The van der Waals surface area contributed by atoms with Gasteiger partial charge in [0, 0.05) is 28.2 Å². The fraction of sp³-hybridized carbons (Fsp3) is 0.478. The number of nitrogens with zero attached hydrogens (tertiary/aromatic N) is 5. The standard InChI is InChI=1S/C23H28BrN5O/c1-27-11-9-19(10-12-27)28-16-17(15-25-28)5-7-21-20-14-18(24)6-8-22(20)29(26-21)23-4-2-3-13-30-23/h5-8,14-16,19,23H,2-4,9-13H2,1H3/b7-5+. The number of hydrogen-bond acceptors (Lipinski definition) is 4. The number of benzene rings is 1. The lowest BCUT2D eigenvalue weighted by Gasteiger charge is -2.28. The van der Waals surface area contributed by atoms with Crippen LogP contribution in [-0.4, -0.2) is 51.2 Å². The van der Waals surface area contributed by atoms with Crippen molar-refractivity contribution in [2.75, 3.05) is 26.7 Å². The van der Waals surface area contributed by atoms with Crippen LogP contribution < -0.4 is 0 Å². The summed E-state index contributed by atoms with van der Waals surface area (Å²) in [4.78, 5) is 2.39. The van der Waals surface area contributed by atoms with Gasteiger partial charge >= 0.3 is 0 Å². The minimum Gasteiger partial charge on any atom is -0.356 e. The molecule has 2 saturated heterocycles. The van der Waals surface area contributed by atoms with Crippen molar-refractivity contribution in [2.45, 2.75) is 44.4 Å². The second-order valence-electron chi connectivity index (χ2n) is 8.43. The van der Waals surface area contributed by atoms with E-state index in [1.807, 2.05) is 6.20 Å². The van der Waals surface area contributed by atoms with Crippen LogP contribution in [0, 0.1) is 0 Å². The van der Waals surface area contributed by atoms with Crippen molar-refractivity contribution in [3.8, 4) is 0 Å². The van der Waals surface area contributed by atoms with Crippen LogP contribution in [0.2, 0.25) is 0 Å². The molecule has 3 aromatic rings. The zero-order chi connectivity index (χ0) is 20.5. The molecule has 0 saturated carbocycles.